The van der Waals surface area contributed by atoms with Gasteiger partial charge in [-0.05, 0) is 79.5 Å². The van der Waals surface area contributed by atoms with E-state index < -0.39 is 17.5 Å². The zero-order chi connectivity index (χ0) is 23.6. The molecular weight excluding hydrogens is 416 g/mol. The van der Waals surface area contributed by atoms with Crippen LogP contribution < -0.4 is 4.74 Å². The van der Waals surface area contributed by atoms with Crippen molar-refractivity contribution in [2.24, 2.45) is 17.3 Å². The second kappa shape index (κ2) is 7.61. The maximum Gasteiger partial charge on any atom is 0.338 e. The van der Waals surface area contributed by atoms with Crippen molar-refractivity contribution >= 4 is 5.97 Å². The Morgan fingerprint density at radius 3 is 2.76 bits per heavy atom. The number of cyclic esters (lactones) is 1. The Hall–Kier alpha value is -2.29. The fourth-order valence-corrected chi connectivity index (χ4v) is 7.14. The number of fused-ring (bicyclic) bond motifs is 5. The van der Waals surface area contributed by atoms with E-state index in [9.17, 15) is 9.90 Å². The molecule has 3 aliphatic carbocycles. The second-order valence-corrected chi connectivity index (χ2v) is 11.0. The van der Waals surface area contributed by atoms with Crippen LogP contribution in [0.25, 0.3) is 0 Å². The molecule has 6 atom stereocenters. The molecule has 4 aliphatic rings. The first-order valence-corrected chi connectivity index (χ1v) is 12.1. The van der Waals surface area contributed by atoms with E-state index in [2.05, 4.69) is 31.6 Å². The van der Waals surface area contributed by atoms with Crippen LogP contribution in [0.2, 0.25) is 0 Å². The minimum Gasteiger partial charge on any atom is -0.462 e. The number of carbonyl (C=O) groups excluding carboxylic acids is 1. The summed E-state index contributed by atoms with van der Waals surface area (Å²) in [5, 5.41) is 11.1. The van der Waals surface area contributed by atoms with E-state index in [-0.39, 0.29) is 17.8 Å². The summed E-state index contributed by atoms with van der Waals surface area (Å²) in [6, 6.07) is 6.32. The van der Waals surface area contributed by atoms with Gasteiger partial charge in [0.1, 0.15) is 17.1 Å². The average molecular weight is 451 g/mol. The molecule has 1 N–H and O–H groups in total. The van der Waals surface area contributed by atoms with Crippen molar-refractivity contribution in [3.8, 4) is 18.1 Å². The second-order valence-electron chi connectivity index (χ2n) is 11.0. The molecule has 1 aliphatic heterocycles. The third-order valence-corrected chi connectivity index (χ3v) is 8.80. The van der Waals surface area contributed by atoms with Crippen LogP contribution in [0.5, 0.6) is 5.75 Å². The van der Waals surface area contributed by atoms with Crippen molar-refractivity contribution < 1.29 is 24.1 Å². The predicted molar refractivity (Wildman–Crippen MR) is 124 cm³/mol. The summed E-state index contributed by atoms with van der Waals surface area (Å²) in [6.45, 7) is 9.64. The van der Waals surface area contributed by atoms with Gasteiger partial charge in [0, 0.05) is 25.7 Å². The number of rotatable bonds is 4. The molecule has 1 saturated heterocycles. The average Bonchev–Trinajstić information content (AvgIpc) is 3.18. The van der Waals surface area contributed by atoms with E-state index >= 15 is 0 Å². The summed E-state index contributed by atoms with van der Waals surface area (Å²) < 4.78 is 16.8. The first-order valence-electron chi connectivity index (χ1n) is 12.1. The van der Waals surface area contributed by atoms with Gasteiger partial charge in [0.25, 0.3) is 0 Å². The van der Waals surface area contributed by atoms with E-state index in [0.717, 1.165) is 37.9 Å². The number of hydrogen-bond donors (Lipinski definition) is 1. The summed E-state index contributed by atoms with van der Waals surface area (Å²) in [5.74, 6) is 4.22. The zero-order valence-corrected chi connectivity index (χ0v) is 19.9. The molecule has 5 heteroatoms. The fourth-order valence-electron chi connectivity index (χ4n) is 7.14. The molecule has 1 heterocycles. The van der Waals surface area contributed by atoms with Crippen molar-refractivity contribution in [1.82, 2.24) is 0 Å². The van der Waals surface area contributed by atoms with E-state index in [0.29, 0.717) is 29.9 Å². The standard InChI is InChI=1S/C28H34O5/c1-6-28(30)14-12-23-22-9-7-18-16-19(8-10-20(18)21(22)11-13-27(23,28)5)31-17(2)15-24-25(29)33-26(3,4)32-24/h1,8,10,16,21-24,30H,2,7,9,11-15H2,3-5H3/t21?,22?,23?,24-,27+,28+/m1/s1. The lowest BCUT2D eigenvalue weighted by Gasteiger charge is -2.52. The van der Waals surface area contributed by atoms with Gasteiger partial charge in [-0.3, -0.25) is 0 Å². The van der Waals surface area contributed by atoms with Gasteiger partial charge in [-0.15, -0.1) is 6.42 Å². The Balaban J connectivity index is 1.29. The molecule has 0 radical (unpaired) electrons. The number of benzene rings is 1. The number of terminal acetylenes is 1. The topological polar surface area (TPSA) is 65.0 Å². The van der Waals surface area contributed by atoms with Crippen molar-refractivity contribution in [2.45, 2.75) is 89.1 Å². The largest absolute Gasteiger partial charge is 0.462 e. The highest BCUT2D eigenvalue weighted by Crippen LogP contribution is 2.64. The Kier molecular flexibility index (Phi) is 5.19. The molecule has 5 rings (SSSR count). The molecule has 0 aromatic heterocycles. The molecule has 5 nitrogen and oxygen atoms in total. The lowest BCUT2D eigenvalue weighted by Crippen LogP contribution is -2.50. The summed E-state index contributed by atoms with van der Waals surface area (Å²) in [7, 11) is 0. The molecule has 2 saturated carbocycles. The van der Waals surface area contributed by atoms with Gasteiger partial charge in [-0.25, -0.2) is 4.79 Å². The number of hydrogen-bond acceptors (Lipinski definition) is 5. The third-order valence-electron chi connectivity index (χ3n) is 8.80. The van der Waals surface area contributed by atoms with Gasteiger partial charge >= 0.3 is 5.97 Å². The lowest BCUT2D eigenvalue weighted by atomic mass is 9.53. The quantitative estimate of drug-likeness (QED) is 0.403. The van der Waals surface area contributed by atoms with Crippen LogP contribution in [0, 0.1) is 29.6 Å². The van der Waals surface area contributed by atoms with Crippen LogP contribution in [-0.4, -0.2) is 28.6 Å². The minimum absolute atomic E-state index is 0.181. The van der Waals surface area contributed by atoms with Crippen LogP contribution in [0.4, 0.5) is 0 Å². The van der Waals surface area contributed by atoms with E-state index in [4.69, 9.17) is 20.6 Å². The van der Waals surface area contributed by atoms with Crippen molar-refractivity contribution in [3.63, 3.8) is 0 Å². The predicted octanol–water partition coefficient (Wildman–Crippen LogP) is 4.87. The summed E-state index contributed by atoms with van der Waals surface area (Å²) in [6.07, 6.45) is 11.2. The third kappa shape index (κ3) is 3.59. The lowest BCUT2D eigenvalue weighted by molar-refractivity contribution is -0.160. The van der Waals surface area contributed by atoms with Crippen molar-refractivity contribution in [2.75, 3.05) is 0 Å². The first-order chi connectivity index (χ1) is 15.6. The van der Waals surface area contributed by atoms with E-state index in [1.807, 2.05) is 6.07 Å². The monoisotopic (exact) mass is 450 g/mol. The molecule has 0 amide bonds. The molecule has 3 unspecified atom stereocenters. The van der Waals surface area contributed by atoms with E-state index in [1.165, 1.54) is 11.1 Å². The van der Waals surface area contributed by atoms with Gasteiger partial charge in [0.05, 0.1) is 0 Å². The van der Waals surface area contributed by atoms with Crippen LogP contribution >= 0.6 is 0 Å². The highest BCUT2D eigenvalue weighted by molar-refractivity contribution is 5.76. The number of esters is 1. The molecule has 33 heavy (non-hydrogen) atoms. The van der Waals surface area contributed by atoms with Crippen molar-refractivity contribution in [3.05, 3.63) is 41.7 Å². The smallest absolute Gasteiger partial charge is 0.338 e. The first kappa shape index (κ1) is 22.5. The van der Waals surface area contributed by atoms with Crippen molar-refractivity contribution in [1.29, 1.82) is 0 Å². The molecule has 1 aromatic carbocycles. The van der Waals surface area contributed by atoms with Crippen LogP contribution in [0.1, 0.15) is 76.3 Å². The number of carbonyl (C=O) groups is 1. The van der Waals surface area contributed by atoms with Crippen LogP contribution in [0.15, 0.2) is 30.5 Å². The zero-order valence-electron chi connectivity index (χ0n) is 19.9. The summed E-state index contributed by atoms with van der Waals surface area (Å²) in [4.78, 5) is 12.0. The molecular formula is C28H34O5. The maximum atomic E-state index is 12.0. The Morgan fingerprint density at radius 2 is 2.06 bits per heavy atom. The number of ether oxygens (including phenoxy) is 3. The minimum atomic E-state index is -0.967. The number of aliphatic hydroxyl groups is 1. The highest BCUT2D eigenvalue weighted by Gasteiger charge is 2.61. The Morgan fingerprint density at radius 1 is 1.27 bits per heavy atom. The fraction of sp³-hybridized carbons (Fsp3) is 0.607. The summed E-state index contributed by atoms with van der Waals surface area (Å²) in [5.41, 5.74) is 1.59. The Bertz CT molecular complexity index is 1040. The van der Waals surface area contributed by atoms with E-state index in [1.54, 1.807) is 13.8 Å². The molecule has 1 aromatic rings. The maximum absolute atomic E-state index is 12.0. The van der Waals surface area contributed by atoms with Gasteiger partial charge in [-0.2, -0.15) is 0 Å². The Labute approximate surface area is 196 Å². The van der Waals surface area contributed by atoms with Gasteiger partial charge < -0.3 is 19.3 Å². The molecule has 176 valence electrons. The van der Waals surface area contributed by atoms with Gasteiger partial charge in [-0.1, -0.05) is 25.5 Å². The van der Waals surface area contributed by atoms with Gasteiger partial charge in [0.15, 0.2) is 6.10 Å². The molecule has 0 bridgehead atoms. The van der Waals surface area contributed by atoms with Crippen LogP contribution in [-0.2, 0) is 20.7 Å². The normalized spacial score (nSPS) is 38.5. The number of aryl methyl sites for hydroxylation is 1. The van der Waals surface area contributed by atoms with Crippen LogP contribution in [0.3, 0.4) is 0 Å². The summed E-state index contributed by atoms with van der Waals surface area (Å²) >= 11 is 0. The SMILES string of the molecule is C#C[C@]1(O)CCC2C3CCc4cc(OC(=C)C[C@H]5OC(C)(C)OC5=O)ccc4C3CC[C@@]21C. The highest BCUT2D eigenvalue weighted by atomic mass is 16.8. The molecule has 3 fully saturated rings. The molecule has 0 spiro atoms. The van der Waals surface area contributed by atoms with Gasteiger partial charge in [0.2, 0.25) is 5.79 Å².